The molecule has 2 N–H and O–H groups in total. The summed E-state index contributed by atoms with van der Waals surface area (Å²) >= 11 is 0. The zero-order valence-corrected chi connectivity index (χ0v) is 11.9. The third-order valence-electron chi connectivity index (χ3n) is 4.95. The zero-order valence-electron chi connectivity index (χ0n) is 11.9. The van der Waals surface area contributed by atoms with E-state index in [2.05, 4.69) is 21.0 Å². The number of aryl methyl sites for hydroxylation is 1. The maximum Gasteiger partial charge on any atom is 0.154 e. The molecule has 3 atom stereocenters. The fourth-order valence-corrected chi connectivity index (χ4v) is 3.96. The zero-order chi connectivity index (χ0) is 13.7. The lowest BCUT2D eigenvalue weighted by Crippen LogP contribution is -2.38. The molecule has 1 saturated heterocycles. The van der Waals surface area contributed by atoms with Crippen LogP contribution in [0.5, 0.6) is 0 Å². The third-order valence-corrected chi connectivity index (χ3v) is 4.95. The summed E-state index contributed by atoms with van der Waals surface area (Å²) < 4.78 is 1.93. The Bertz CT molecular complexity index is 634. The molecular formula is C15H21N5. The number of fused-ring (bicyclic) bond motifs is 2. The van der Waals surface area contributed by atoms with Crippen LogP contribution >= 0.6 is 0 Å². The lowest BCUT2D eigenvalue weighted by atomic mass is 9.78. The maximum absolute atomic E-state index is 6.31. The molecule has 20 heavy (non-hydrogen) atoms. The van der Waals surface area contributed by atoms with Crippen molar-refractivity contribution in [2.45, 2.75) is 32.2 Å². The van der Waals surface area contributed by atoms with Gasteiger partial charge in [0.2, 0.25) is 0 Å². The van der Waals surface area contributed by atoms with Crippen molar-refractivity contribution >= 4 is 11.3 Å². The van der Waals surface area contributed by atoms with Crippen LogP contribution in [0.4, 0.5) is 5.82 Å². The number of nitrogens with two attached hydrogens (primary N) is 1. The Balaban J connectivity index is 1.70. The standard InChI is InChI=1S/C15H21N5/c1-10-7-14-15(17-5-6-20(14)18-10)19-8-11-3-2-4-13(16)12(11)9-19/h5-7,11-13H,2-4,8-9,16H2,1H3. The maximum atomic E-state index is 6.31. The lowest BCUT2D eigenvalue weighted by Gasteiger charge is -2.29. The molecule has 0 bridgehead atoms. The first-order valence-corrected chi connectivity index (χ1v) is 7.54. The Kier molecular flexibility index (Phi) is 2.70. The van der Waals surface area contributed by atoms with Gasteiger partial charge in [0.1, 0.15) is 5.52 Å². The normalized spacial score (nSPS) is 29.9. The average molecular weight is 271 g/mol. The Morgan fingerprint density at radius 3 is 3.05 bits per heavy atom. The summed E-state index contributed by atoms with van der Waals surface area (Å²) in [4.78, 5) is 7.02. The summed E-state index contributed by atoms with van der Waals surface area (Å²) in [6.45, 7) is 4.16. The molecule has 2 aromatic rings. The van der Waals surface area contributed by atoms with Crippen LogP contribution in [0.2, 0.25) is 0 Å². The highest BCUT2D eigenvalue weighted by atomic mass is 15.3. The van der Waals surface area contributed by atoms with Crippen LogP contribution in [0.15, 0.2) is 18.5 Å². The highest BCUT2D eigenvalue weighted by Gasteiger charge is 2.39. The molecule has 106 valence electrons. The first kappa shape index (κ1) is 12.1. The number of aromatic nitrogens is 3. The Hall–Kier alpha value is -1.62. The lowest BCUT2D eigenvalue weighted by molar-refractivity contribution is 0.260. The van der Waals surface area contributed by atoms with E-state index in [9.17, 15) is 0 Å². The summed E-state index contributed by atoms with van der Waals surface area (Å²) in [6, 6.07) is 2.48. The van der Waals surface area contributed by atoms with E-state index < -0.39 is 0 Å². The van der Waals surface area contributed by atoms with Crippen LogP contribution in [0.3, 0.4) is 0 Å². The highest BCUT2D eigenvalue weighted by Crippen LogP contribution is 2.37. The van der Waals surface area contributed by atoms with E-state index in [1.165, 1.54) is 19.3 Å². The molecule has 4 rings (SSSR count). The van der Waals surface area contributed by atoms with Gasteiger partial charge in [0, 0.05) is 31.5 Å². The Morgan fingerprint density at radius 1 is 1.30 bits per heavy atom. The summed E-state index contributed by atoms with van der Waals surface area (Å²) in [6.07, 6.45) is 7.53. The van der Waals surface area contributed by atoms with Crippen molar-refractivity contribution in [1.29, 1.82) is 0 Å². The number of hydrogen-bond donors (Lipinski definition) is 1. The fraction of sp³-hybridized carbons (Fsp3) is 0.600. The number of nitrogens with zero attached hydrogens (tertiary/aromatic N) is 4. The molecule has 2 aromatic heterocycles. The largest absolute Gasteiger partial charge is 0.354 e. The summed E-state index contributed by atoms with van der Waals surface area (Å²) in [5.41, 5.74) is 8.46. The van der Waals surface area contributed by atoms with Gasteiger partial charge >= 0.3 is 0 Å². The second-order valence-corrected chi connectivity index (χ2v) is 6.29. The van der Waals surface area contributed by atoms with Crippen molar-refractivity contribution in [3.63, 3.8) is 0 Å². The molecule has 1 saturated carbocycles. The molecule has 5 nitrogen and oxygen atoms in total. The molecule has 1 aliphatic heterocycles. The predicted octanol–water partition coefficient (Wildman–Crippen LogP) is 1.60. The summed E-state index contributed by atoms with van der Waals surface area (Å²) in [7, 11) is 0. The van der Waals surface area contributed by atoms with Crippen LogP contribution in [0.1, 0.15) is 25.0 Å². The summed E-state index contributed by atoms with van der Waals surface area (Å²) in [5.74, 6) is 2.44. The first-order valence-electron chi connectivity index (χ1n) is 7.54. The Labute approximate surface area is 118 Å². The second-order valence-electron chi connectivity index (χ2n) is 6.29. The molecule has 2 fully saturated rings. The highest BCUT2D eigenvalue weighted by molar-refractivity contribution is 5.69. The van der Waals surface area contributed by atoms with Gasteiger partial charge < -0.3 is 10.6 Å². The van der Waals surface area contributed by atoms with Crippen molar-refractivity contribution < 1.29 is 0 Å². The molecule has 0 aromatic carbocycles. The van der Waals surface area contributed by atoms with Crippen LogP contribution in [-0.4, -0.2) is 33.7 Å². The predicted molar refractivity (Wildman–Crippen MR) is 78.7 cm³/mol. The molecule has 3 unspecified atom stereocenters. The molecule has 0 amide bonds. The molecule has 1 aliphatic carbocycles. The van der Waals surface area contributed by atoms with E-state index in [4.69, 9.17) is 5.73 Å². The van der Waals surface area contributed by atoms with Gasteiger partial charge in [-0.1, -0.05) is 6.42 Å². The van der Waals surface area contributed by atoms with Gasteiger partial charge in [-0.2, -0.15) is 5.10 Å². The number of rotatable bonds is 1. The molecular weight excluding hydrogens is 250 g/mol. The minimum absolute atomic E-state index is 0.366. The molecule has 5 heteroatoms. The molecule has 2 aliphatic rings. The van der Waals surface area contributed by atoms with Crippen molar-refractivity contribution in [3.05, 3.63) is 24.2 Å². The number of hydrogen-bond acceptors (Lipinski definition) is 4. The van der Waals surface area contributed by atoms with Crippen LogP contribution < -0.4 is 10.6 Å². The van der Waals surface area contributed by atoms with Crippen molar-refractivity contribution in [2.75, 3.05) is 18.0 Å². The van der Waals surface area contributed by atoms with E-state index in [0.717, 1.165) is 36.0 Å². The fourth-order valence-electron chi connectivity index (χ4n) is 3.96. The quantitative estimate of drug-likeness (QED) is 0.856. The van der Waals surface area contributed by atoms with Gasteiger partial charge in [-0.25, -0.2) is 9.50 Å². The van der Waals surface area contributed by atoms with E-state index in [0.29, 0.717) is 12.0 Å². The number of anilines is 1. The van der Waals surface area contributed by atoms with E-state index >= 15 is 0 Å². The Morgan fingerprint density at radius 2 is 2.20 bits per heavy atom. The van der Waals surface area contributed by atoms with Gasteiger partial charge in [0.05, 0.1) is 5.69 Å². The SMILES string of the molecule is Cc1cc2c(N3CC4CCCC(N)C4C3)nccn2n1. The average Bonchev–Trinajstić information content (AvgIpc) is 3.01. The van der Waals surface area contributed by atoms with Gasteiger partial charge in [0.25, 0.3) is 0 Å². The first-order chi connectivity index (χ1) is 9.72. The van der Waals surface area contributed by atoms with Gasteiger partial charge in [-0.05, 0) is 37.7 Å². The monoisotopic (exact) mass is 271 g/mol. The molecule has 0 spiro atoms. The van der Waals surface area contributed by atoms with E-state index in [1.807, 2.05) is 23.8 Å². The van der Waals surface area contributed by atoms with Crippen molar-refractivity contribution in [2.24, 2.45) is 17.6 Å². The van der Waals surface area contributed by atoms with E-state index in [-0.39, 0.29) is 0 Å². The minimum Gasteiger partial charge on any atom is -0.354 e. The van der Waals surface area contributed by atoms with Crippen molar-refractivity contribution in [3.8, 4) is 0 Å². The van der Waals surface area contributed by atoms with Crippen molar-refractivity contribution in [1.82, 2.24) is 14.6 Å². The topological polar surface area (TPSA) is 59.5 Å². The minimum atomic E-state index is 0.366. The summed E-state index contributed by atoms with van der Waals surface area (Å²) in [5, 5.41) is 4.48. The van der Waals surface area contributed by atoms with Gasteiger partial charge in [-0.15, -0.1) is 0 Å². The van der Waals surface area contributed by atoms with Crippen LogP contribution in [0, 0.1) is 18.8 Å². The van der Waals surface area contributed by atoms with Gasteiger partial charge in [0.15, 0.2) is 5.82 Å². The smallest absolute Gasteiger partial charge is 0.154 e. The third kappa shape index (κ3) is 1.80. The van der Waals surface area contributed by atoms with E-state index in [1.54, 1.807) is 0 Å². The molecule has 3 heterocycles. The van der Waals surface area contributed by atoms with Crippen LogP contribution in [-0.2, 0) is 0 Å². The second kappa shape index (κ2) is 4.45. The van der Waals surface area contributed by atoms with Gasteiger partial charge in [-0.3, -0.25) is 0 Å². The van der Waals surface area contributed by atoms with Crippen LogP contribution in [0.25, 0.3) is 5.52 Å². The molecule has 0 radical (unpaired) electrons.